The fourth-order valence-corrected chi connectivity index (χ4v) is 4.76. The highest BCUT2D eigenvalue weighted by Gasteiger charge is 2.23. The van der Waals surface area contributed by atoms with Crippen LogP contribution in [-0.2, 0) is 30.4 Å². The van der Waals surface area contributed by atoms with E-state index < -0.39 is 67.8 Å². The summed E-state index contributed by atoms with van der Waals surface area (Å²) in [7, 11) is 0. The molecule has 6 N–H and O–H groups in total. The second kappa shape index (κ2) is 15.9. The van der Waals surface area contributed by atoms with E-state index in [0.29, 0.717) is 10.9 Å². The molecule has 0 bridgehead atoms. The number of aromatic carboxylic acids is 1. The Hall–Kier alpha value is -6.79. The van der Waals surface area contributed by atoms with Crippen molar-refractivity contribution >= 4 is 58.2 Å². The van der Waals surface area contributed by atoms with Crippen LogP contribution in [-0.4, -0.2) is 111 Å². The van der Waals surface area contributed by atoms with E-state index in [1.165, 1.54) is 36.4 Å². The van der Waals surface area contributed by atoms with Crippen molar-refractivity contribution in [1.29, 1.82) is 0 Å². The van der Waals surface area contributed by atoms with Crippen molar-refractivity contribution in [2.24, 2.45) is 0 Å². The van der Waals surface area contributed by atoms with Crippen LogP contribution in [0.1, 0.15) is 22.5 Å². The summed E-state index contributed by atoms with van der Waals surface area (Å²) in [5.41, 5.74) is 0.704. The fraction of sp³-hybridized carbons (Fsp3) is 0.258. The predicted octanol–water partition coefficient (Wildman–Crippen LogP) is 2.21. The largest absolute Gasteiger partial charge is 0.488 e. The molecule has 0 aliphatic heterocycles. The van der Waals surface area contributed by atoms with Gasteiger partial charge in [0, 0.05) is 17.9 Å². The Balaban J connectivity index is 1.65. The van der Waals surface area contributed by atoms with Gasteiger partial charge in [0.1, 0.15) is 56.5 Å². The first-order valence-corrected chi connectivity index (χ1v) is 14.4. The standard InChI is InChI=1S/C31H29N3O16/c35-25(36)4-2-16-1-3-18(33(12-26(37)38)13-27(39)40)21(7-16)47-5-6-48-22-8-17-9-23(30-32-11-24(50-30)31(45)46)49-20(17)10-19(22)34(14-28(41)42)15-29(43)44/h1,3,7-11H,2,4-6,12-15H2,(H,35,36)(H,37,38)(H,39,40)(H,41,42)(H,43,44)(H,45,46). The molecule has 0 radical (unpaired) electrons. The molecule has 19 heteroatoms. The number of benzene rings is 2. The van der Waals surface area contributed by atoms with Crippen LogP contribution >= 0.6 is 0 Å². The summed E-state index contributed by atoms with van der Waals surface area (Å²) in [6.07, 6.45) is 0.837. The summed E-state index contributed by atoms with van der Waals surface area (Å²) < 4.78 is 22.7. The summed E-state index contributed by atoms with van der Waals surface area (Å²) in [4.78, 5) is 74.5. The average Bonchev–Trinajstić information content (AvgIpc) is 3.68. The molecule has 0 unspecified atom stereocenters. The minimum atomic E-state index is -1.37. The van der Waals surface area contributed by atoms with Gasteiger partial charge >= 0.3 is 35.8 Å². The summed E-state index contributed by atoms with van der Waals surface area (Å²) in [6.45, 7) is -3.43. The van der Waals surface area contributed by atoms with Crippen LogP contribution in [0.2, 0.25) is 0 Å². The van der Waals surface area contributed by atoms with Crippen LogP contribution in [0.4, 0.5) is 11.4 Å². The summed E-state index contributed by atoms with van der Waals surface area (Å²) >= 11 is 0. The average molecular weight is 700 g/mol. The van der Waals surface area contributed by atoms with Crippen LogP contribution in [0.15, 0.2) is 51.4 Å². The summed E-state index contributed by atoms with van der Waals surface area (Å²) in [5.74, 6) is -8.40. The maximum atomic E-state index is 11.6. The Kier molecular flexibility index (Phi) is 11.4. The van der Waals surface area contributed by atoms with Crippen molar-refractivity contribution in [1.82, 2.24) is 4.98 Å². The van der Waals surface area contributed by atoms with Gasteiger partial charge in [0.05, 0.1) is 17.6 Å². The Bertz CT molecular complexity index is 1900. The zero-order valence-corrected chi connectivity index (χ0v) is 25.8. The molecule has 19 nitrogen and oxygen atoms in total. The molecule has 50 heavy (non-hydrogen) atoms. The number of anilines is 2. The second-order valence-electron chi connectivity index (χ2n) is 10.5. The van der Waals surface area contributed by atoms with Gasteiger partial charge < -0.3 is 58.7 Å². The highest BCUT2D eigenvalue weighted by Crippen LogP contribution is 2.37. The third-order valence-electron chi connectivity index (χ3n) is 6.76. The molecule has 2 heterocycles. The smallest absolute Gasteiger partial charge is 0.373 e. The van der Waals surface area contributed by atoms with Gasteiger partial charge in [-0.25, -0.2) is 9.78 Å². The van der Waals surface area contributed by atoms with Crippen LogP contribution in [0.3, 0.4) is 0 Å². The molecule has 0 amide bonds. The third kappa shape index (κ3) is 9.62. The Labute approximate surface area is 280 Å². The molecule has 0 aliphatic rings. The number of carboxylic acid groups (broad SMARTS) is 6. The molecule has 0 saturated heterocycles. The van der Waals surface area contributed by atoms with Crippen molar-refractivity contribution in [3.05, 3.63) is 53.9 Å². The van der Waals surface area contributed by atoms with E-state index in [-0.39, 0.29) is 66.2 Å². The number of aromatic nitrogens is 1. The Morgan fingerprint density at radius 1 is 0.660 bits per heavy atom. The first-order valence-electron chi connectivity index (χ1n) is 14.4. The van der Waals surface area contributed by atoms with E-state index in [1.54, 1.807) is 0 Å². The lowest BCUT2D eigenvalue weighted by atomic mass is 10.1. The number of ether oxygens (including phenoxy) is 2. The molecule has 0 fully saturated rings. The molecular formula is C31H29N3O16. The number of hydrogen-bond donors (Lipinski definition) is 6. The van der Waals surface area contributed by atoms with Gasteiger partial charge in [0.25, 0.3) is 5.89 Å². The van der Waals surface area contributed by atoms with Gasteiger partial charge in [0.2, 0.25) is 5.76 Å². The predicted molar refractivity (Wildman–Crippen MR) is 167 cm³/mol. The van der Waals surface area contributed by atoms with Crippen LogP contribution in [0.25, 0.3) is 22.6 Å². The number of carboxylic acids is 6. The van der Waals surface area contributed by atoms with Crippen molar-refractivity contribution < 1.29 is 77.7 Å². The minimum Gasteiger partial charge on any atom is -0.488 e. The van der Waals surface area contributed by atoms with Crippen molar-refractivity contribution in [2.45, 2.75) is 12.8 Å². The SMILES string of the molecule is O=C(O)CCc1ccc(N(CC(=O)O)CC(=O)O)c(OCCOc2cc3cc(-c4ncc(C(=O)O)o4)oc3cc2N(CC(=O)O)CC(=O)O)c1. The number of oxazole rings is 1. The molecule has 264 valence electrons. The normalized spacial score (nSPS) is 10.8. The second-order valence-corrected chi connectivity index (χ2v) is 10.5. The van der Waals surface area contributed by atoms with Gasteiger partial charge in [-0.2, -0.15) is 0 Å². The Morgan fingerprint density at radius 2 is 1.22 bits per heavy atom. The summed E-state index contributed by atoms with van der Waals surface area (Å²) in [6, 6.07) is 8.53. The van der Waals surface area contributed by atoms with Crippen molar-refractivity contribution in [3.63, 3.8) is 0 Å². The molecular weight excluding hydrogens is 670 g/mol. The molecule has 4 aromatic rings. The molecule has 2 aromatic carbocycles. The number of nitrogens with zero attached hydrogens (tertiary/aromatic N) is 3. The third-order valence-corrected chi connectivity index (χ3v) is 6.76. The zero-order chi connectivity index (χ0) is 36.5. The van der Waals surface area contributed by atoms with Gasteiger partial charge in [-0.15, -0.1) is 0 Å². The maximum Gasteiger partial charge on any atom is 0.373 e. The van der Waals surface area contributed by atoms with Crippen LogP contribution in [0.5, 0.6) is 11.5 Å². The number of aryl methyl sites for hydroxylation is 1. The monoisotopic (exact) mass is 699 g/mol. The van der Waals surface area contributed by atoms with Gasteiger partial charge in [-0.3, -0.25) is 24.0 Å². The van der Waals surface area contributed by atoms with E-state index >= 15 is 0 Å². The van der Waals surface area contributed by atoms with E-state index in [0.717, 1.165) is 16.0 Å². The van der Waals surface area contributed by atoms with Gasteiger partial charge in [-0.1, -0.05) is 6.07 Å². The van der Waals surface area contributed by atoms with Gasteiger partial charge in [0.15, 0.2) is 5.76 Å². The first-order chi connectivity index (χ1) is 23.7. The molecule has 4 rings (SSSR count). The molecule has 0 aliphatic carbocycles. The van der Waals surface area contributed by atoms with Crippen molar-refractivity contribution in [3.8, 4) is 23.1 Å². The zero-order valence-electron chi connectivity index (χ0n) is 25.8. The molecule has 0 spiro atoms. The number of hydrogen-bond acceptors (Lipinski definition) is 13. The highest BCUT2D eigenvalue weighted by molar-refractivity contribution is 5.90. The highest BCUT2D eigenvalue weighted by atomic mass is 16.5. The summed E-state index contributed by atoms with van der Waals surface area (Å²) in [5, 5.41) is 56.2. The molecule has 0 saturated carbocycles. The van der Waals surface area contributed by atoms with Crippen LogP contribution < -0.4 is 19.3 Å². The Morgan fingerprint density at radius 3 is 1.74 bits per heavy atom. The lowest BCUT2D eigenvalue weighted by Gasteiger charge is -2.25. The number of aliphatic carboxylic acids is 5. The first kappa shape index (κ1) is 36.1. The van der Waals surface area contributed by atoms with E-state index in [1.807, 2.05) is 0 Å². The van der Waals surface area contributed by atoms with E-state index in [4.69, 9.17) is 28.5 Å². The molecule has 0 atom stereocenters. The van der Waals surface area contributed by atoms with E-state index in [9.17, 15) is 49.2 Å². The maximum absolute atomic E-state index is 11.6. The van der Waals surface area contributed by atoms with Crippen LogP contribution in [0, 0.1) is 0 Å². The minimum absolute atomic E-state index is 0.00420. The van der Waals surface area contributed by atoms with E-state index in [2.05, 4.69) is 4.98 Å². The lowest BCUT2D eigenvalue weighted by molar-refractivity contribution is -0.138. The quantitative estimate of drug-likeness (QED) is 0.0721. The topological polar surface area (TPSA) is 288 Å². The number of fused-ring (bicyclic) bond motifs is 1. The molecule has 2 aromatic heterocycles. The number of rotatable bonds is 20. The van der Waals surface area contributed by atoms with Gasteiger partial charge in [-0.05, 0) is 36.2 Å². The fourth-order valence-electron chi connectivity index (χ4n) is 4.76. The van der Waals surface area contributed by atoms with Crippen molar-refractivity contribution in [2.75, 3.05) is 49.2 Å². The number of carbonyl (C=O) groups is 6. The lowest BCUT2D eigenvalue weighted by Crippen LogP contribution is -2.35. The number of furan rings is 1.